The van der Waals surface area contributed by atoms with Crippen LogP contribution in [0.4, 0.5) is 5.13 Å². The van der Waals surface area contributed by atoms with Crippen molar-refractivity contribution in [1.82, 2.24) is 9.97 Å². The van der Waals surface area contributed by atoms with E-state index < -0.39 is 0 Å². The third-order valence-corrected chi connectivity index (χ3v) is 2.51. The van der Waals surface area contributed by atoms with Crippen LogP contribution in [0.3, 0.4) is 0 Å². The van der Waals surface area contributed by atoms with Gasteiger partial charge in [0.2, 0.25) is 0 Å². The van der Waals surface area contributed by atoms with Crippen LogP contribution in [0.25, 0.3) is 10.6 Å². The van der Waals surface area contributed by atoms with Gasteiger partial charge in [0.05, 0.1) is 10.6 Å². The smallest absolute Gasteiger partial charge is 0.180 e. The standard InChI is InChI=1S/C9H9N3S/c1-6-3-2-4-7(12-6)8-5-11-9(10)13-8/h2-5H,1H3,(H2,10,11). The number of nitrogen functional groups attached to an aromatic ring is 1. The van der Waals surface area contributed by atoms with Crippen LogP contribution < -0.4 is 5.73 Å². The number of nitrogens with zero attached hydrogens (tertiary/aromatic N) is 2. The fraction of sp³-hybridized carbons (Fsp3) is 0.111. The Morgan fingerprint density at radius 2 is 2.23 bits per heavy atom. The molecule has 4 heteroatoms. The molecule has 0 aliphatic rings. The molecule has 2 rings (SSSR count). The molecule has 0 saturated carbocycles. The number of aryl methyl sites for hydroxylation is 1. The summed E-state index contributed by atoms with van der Waals surface area (Å²) in [5, 5.41) is 0.582. The first kappa shape index (κ1) is 8.19. The van der Waals surface area contributed by atoms with E-state index in [1.165, 1.54) is 11.3 Å². The number of hydrogen-bond acceptors (Lipinski definition) is 4. The lowest BCUT2D eigenvalue weighted by Gasteiger charge is -1.95. The predicted octanol–water partition coefficient (Wildman–Crippen LogP) is 2.10. The molecule has 0 spiro atoms. The summed E-state index contributed by atoms with van der Waals surface area (Å²) in [6, 6.07) is 5.90. The van der Waals surface area contributed by atoms with Gasteiger partial charge in [-0.2, -0.15) is 0 Å². The van der Waals surface area contributed by atoms with Gasteiger partial charge in [-0.15, -0.1) is 0 Å². The van der Waals surface area contributed by atoms with Crippen molar-refractivity contribution >= 4 is 16.5 Å². The second kappa shape index (κ2) is 3.14. The van der Waals surface area contributed by atoms with Crippen LogP contribution in [0, 0.1) is 6.92 Å². The van der Waals surface area contributed by atoms with Crippen molar-refractivity contribution in [2.45, 2.75) is 6.92 Å². The monoisotopic (exact) mass is 191 g/mol. The Hall–Kier alpha value is -1.42. The zero-order valence-electron chi connectivity index (χ0n) is 7.19. The second-order valence-corrected chi connectivity index (χ2v) is 3.79. The molecule has 0 radical (unpaired) electrons. The van der Waals surface area contributed by atoms with Gasteiger partial charge in [0.25, 0.3) is 0 Å². The summed E-state index contributed by atoms with van der Waals surface area (Å²) in [6.07, 6.45) is 1.75. The lowest BCUT2D eigenvalue weighted by molar-refractivity contribution is 1.21. The van der Waals surface area contributed by atoms with E-state index in [1.807, 2.05) is 25.1 Å². The Kier molecular flexibility index (Phi) is 1.98. The Bertz CT molecular complexity index is 422. The fourth-order valence-corrected chi connectivity index (χ4v) is 1.74. The lowest BCUT2D eigenvalue weighted by atomic mass is 10.3. The molecular formula is C9H9N3S. The molecule has 0 unspecified atom stereocenters. The third-order valence-electron chi connectivity index (χ3n) is 1.66. The van der Waals surface area contributed by atoms with Crippen molar-refractivity contribution in [2.24, 2.45) is 0 Å². The number of thiazole rings is 1. The van der Waals surface area contributed by atoms with Gasteiger partial charge in [-0.3, -0.25) is 4.98 Å². The van der Waals surface area contributed by atoms with E-state index >= 15 is 0 Å². The maximum Gasteiger partial charge on any atom is 0.180 e. The summed E-state index contributed by atoms with van der Waals surface area (Å²) in [5.74, 6) is 0. The summed E-state index contributed by atoms with van der Waals surface area (Å²) in [4.78, 5) is 9.37. The van der Waals surface area contributed by atoms with Gasteiger partial charge in [0.15, 0.2) is 5.13 Å². The number of nitrogens with two attached hydrogens (primary N) is 1. The molecule has 0 saturated heterocycles. The van der Waals surface area contributed by atoms with Crippen LogP contribution in [-0.4, -0.2) is 9.97 Å². The van der Waals surface area contributed by atoms with Gasteiger partial charge < -0.3 is 5.73 Å². The summed E-state index contributed by atoms with van der Waals surface area (Å²) in [5.41, 5.74) is 7.48. The molecule has 13 heavy (non-hydrogen) atoms. The summed E-state index contributed by atoms with van der Waals surface area (Å²) >= 11 is 1.45. The van der Waals surface area contributed by atoms with Crippen LogP contribution >= 0.6 is 11.3 Å². The average Bonchev–Trinajstić information content (AvgIpc) is 2.52. The molecule has 66 valence electrons. The molecule has 0 fully saturated rings. The van der Waals surface area contributed by atoms with E-state index in [0.717, 1.165) is 16.3 Å². The van der Waals surface area contributed by atoms with Gasteiger partial charge in [0.1, 0.15) is 0 Å². The highest BCUT2D eigenvalue weighted by molar-refractivity contribution is 7.18. The minimum Gasteiger partial charge on any atom is -0.375 e. The Balaban J connectivity index is 2.46. The van der Waals surface area contributed by atoms with Gasteiger partial charge in [-0.05, 0) is 19.1 Å². The number of pyridine rings is 1. The van der Waals surface area contributed by atoms with E-state index in [0.29, 0.717) is 5.13 Å². The Morgan fingerprint density at radius 3 is 2.85 bits per heavy atom. The summed E-state index contributed by atoms with van der Waals surface area (Å²) in [7, 11) is 0. The van der Waals surface area contributed by atoms with Gasteiger partial charge in [0, 0.05) is 11.9 Å². The van der Waals surface area contributed by atoms with Crippen molar-refractivity contribution in [3.63, 3.8) is 0 Å². The second-order valence-electron chi connectivity index (χ2n) is 2.73. The molecule has 2 N–H and O–H groups in total. The average molecular weight is 191 g/mol. The Morgan fingerprint density at radius 1 is 1.38 bits per heavy atom. The number of aromatic nitrogens is 2. The zero-order valence-corrected chi connectivity index (χ0v) is 8.01. The van der Waals surface area contributed by atoms with E-state index in [-0.39, 0.29) is 0 Å². The highest BCUT2D eigenvalue weighted by Gasteiger charge is 2.02. The third kappa shape index (κ3) is 1.67. The first-order valence-corrected chi connectivity index (χ1v) is 4.73. The van der Waals surface area contributed by atoms with Crippen LogP contribution in [0.5, 0.6) is 0 Å². The van der Waals surface area contributed by atoms with Gasteiger partial charge in [-0.25, -0.2) is 4.98 Å². The van der Waals surface area contributed by atoms with E-state index in [1.54, 1.807) is 6.20 Å². The van der Waals surface area contributed by atoms with Gasteiger partial charge >= 0.3 is 0 Å². The van der Waals surface area contributed by atoms with Crippen LogP contribution in [0.2, 0.25) is 0 Å². The quantitative estimate of drug-likeness (QED) is 0.751. The van der Waals surface area contributed by atoms with E-state index in [4.69, 9.17) is 5.73 Å². The molecule has 0 amide bonds. The van der Waals surface area contributed by atoms with Gasteiger partial charge in [-0.1, -0.05) is 17.4 Å². The molecule has 0 bridgehead atoms. The number of hydrogen-bond donors (Lipinski definition) is 1. The van der Waals surface area contributed by atoms with E-state index in [9.17, 15) is 0 Å². The first-order valence-electron chi connectivity index (χ1n) is 3.91. The van der Waals surface area contributed by atoms with Crippen molar-refractivity contribution in [3.8, 4) is 10.6 Å². The first-order chi connectivity index (χ1) is 6.25. The lowest BCUT2D eigenvalue weighted by Crippen LogP contribution is -1.82. The maximum absolute atomic E-state index is 5.53. The summed E-state index contributed by atoms with van der Waals surface area (Å²) in [6.45, 7) is 1.97. The van der Waals surface area contributed by atoms with Crippen LogP contribution in [-0.2, 0) is 0 Å². The minimum atomic E-state index is 0.582. The van der Waals surface area contributed by atoms with Crippen molar-refractivity contribution < 1.29 is 0 Å². The highest BCUT2D eigenvalue weighted by atomic mass is 32.1. The SMILES string of the molecule is Cc1cccc(-c2cnc(N)s2)n1. The van der Waals surface area contributed by atoms with Crippen molar-refractivity contribution in [2.75, 3.05) is 5.73 Å². The minimum absolute atomic E-state index is 0.582. The van der Waals surface area contributed by atoms with Crippen molar-refractivity contribution in [3.05, 3.63) is 30.1 Å². The topological polar surface area (TPSA) is 51.8 Å². The number of anilines is 1. The predicted molar refractivity (Wildman–Crippen MR) is 54.5 cm³/mol. The molecule has 0 aliphatic heterocycles. The van der Waals surface area contributed by atoms with Crippen molar-refractivity contribution in [1.29, 1.82) is 0 Å². The fourth-order valence-electron chi connectivity index (χ4n) is 1.09. The number of rotatable bonds is 1. The zero-order chi connectivity index (χ0) is 9.26. The molecule has 0 aromatic carbocycles. The Labute approximate surface area is 80.3 Å². The van der Waals surface area contributed by atoms with Crippen LogP contribution in [0.1, 0.15) is 5.69 Å². The molecule has 0 aliphatic carbocycles. The molecule has 2 heterocycles. The molecule has 3 nitrogen and oxygen atoms in total. The van der Waals surface area contributed by atoms with E-state index in [2.05, 4.69) is 9.97 Å². The maximum atomic E-state index is 5.53. The molecule has 0 atom stereocenters. The normalized spacial score (nSPS) is 10.2. The van der Waals surface area contributed by atoms with Crippen LogP contribution in [0.15, 0.2) is 24.4 Å². The molecule has 2 aromatic rings. The molecular weight excluding hydrogens is 182 g/mol. The largest absolute Gasteiger partial charge is 0.375 e. The molecule has 2 aromatic heterocycles. The summed E-state index contributed by atoms with van der Waals surface area (Å²) < 4.78 is 0. The highest BCUT2D eigenvalue weighted by Crippen LogP contribution is 2.25.